The number of anilines is 2. The largest absolute Gasteiger partial charge is 0.397 e. The van der Waals surface area contributed by atoms with Crippen molar-refractivity contribution in [2.24, 2.45) is 0 Å². The summed E-state index contributed by atoms with van der Waals surface area (Å²) in [6, 6.07) is 3.36. The molecule has 1 aliphatic heterocycles. The molecule has 3 nitrogen and oxygen atoms in total. The van der Waals surface area contributed by atoms with Crippen LogP contribution in [-0.4, -0.2) is 37.6 Å². The fourth-order valence-corrected chi connectivity index (χ4v) is 2.83. The lowest BCUT2D eigenvalue weighted by molar-refractivity contribution is 0.221. The zero-order valence-corrected chi connectivity index (χ0v) is 12.3. The Morgan fingerprint density at radius 1 is 1.42 bits per heavy atom. The summed E-state index contributed by atoms with van der Waals surface area (Å²) < 4.78 is 13.3. The molecule has 1 aromatic carbocycles. The van der Waals surface area contributed by atoms with Gasteiger partial charge in [-0.05, 0) is 25.5 Å². The highest BCUT2D eigenvalue weighted by molar-refractivity contribution is 6.31. The Hall–Kier alpha value is -1.00. The summed E-state index contributed by atoms with van der Waals surface area (Å²) in [6.07, 6.45) is 2.19. The van der Waals surface area contributed by atoms with Crippen LogP contribution in [0.2, 0.25) is 5.02 Å². The normalized spacial score (nSPS) is 17.7. The number of benzene rings is 1. The minimum absolute atomic E-state index is 0.127. The zero-order chi connectivity index (χ0) is 14.0. The average Bonchev–Trinajstić information content (AvgIpc) is 2.42. The van der Waals surface area contributed by atoms with E-state index in [1.807, 2.05) is 7.05 Å². The highest BCUT2D eigenvalue weighted by Crippen LogP contribution is 2.31. The summed E-state index contributed by atoms with van der Waals surface area (Å²) in [5.74, 6) is -0.461. The number of nitrogens with zero attached hydrogens (tertiary/aromatic N) is 2. The first-order valence-corrected chi connectivity index (χ1v) is 7.10. The van der Waals surface area contributed by atoms with Gasteiger partial charge in [0.1, 0.15) is 5.82 Å². The number of rotatable bonds is 3. The molecule has 0 spiro atoms. The number of nitrogens with two attached hydrogens (primary N) is 1. The van der Waals surface area contributed by atoms with Crippen LogP contribution >= 0.6 is 11.6 Å². The fraction of sp³-hybridized carbons (Fsp3) is 0.571. The summed E-state index contributed by atoms with van der Waals surface area (Å²) in [5, 5.41) is 0.127. The Kier molecular flexibility index (Phi) is 4.53. The van der Waals surface area contributed by atoms with E-state index < -0.39 is 5.82 Å². The van der Waals surface area contributed by atoms with Gasteiger partial charge < -0.3 is 15.5 Å². The molecular weight excluding hydrogens is 265 g/mol. The molecule has 1 saturated heterocycles. The van der Waals surface area contributed by atoms with Crippen molar-refractivity contribution in [1.82, 2.24) is 4.90 Å². The molecule has 2 N–H and O–H groups in total. The lowest BCUT2D eigenvalue weighted by Gasteiger charge is -2.37. The van der Waals surface area contributed by atoms with E-state index in [1.165, 1.54) is 6.07 Å². The molecular formula is C14H21ClFN3. The van der Waals surface area contributed by atoms with Gasteiger partial charge in [0, 0.05) is 32.2 Å². The van der Waals surface area contributed by atoms with Crippen molar-refractivity contribution in [3.05, 3.63) is 23.0 Å². The summed E-state index contributed by atoms with van der Waals surface area (Å²) in [7, 11) is 2.01. The van der Waals surface area contributed by atoms with Gasteiger partial charge in [-0.3, -0.25) is 0 Å². The van der Waals surface area contributed by atoms with Crippen LogP contribution in [0.3, 0.4) is 0 Å². The van der Waals surface area contributed by atoms with Gasteiger partial charge in [0.05, 0.1) is 16.4 Å². The van der Waals surface area contributed by atoms with Gasteiger partial charge >= 0.3 is 0 Å². The minimum atomic E-state index is -0.461. The van der Waals surface area contributed by atoms with E-state index in [-0.39, 0.29) is 5.02 Å². The smallest absolute Gasteiger partial charge is 0.143 e. The number of hydrogen-bond acceptors (Lipinski definition) is 3. The highest BCUT2D eigenvalue weighted by Gasteiger charge is 2.23. The van der Waals surface area contributed by atoms with Crippen LogP contribution < -0.4 is 10.6 Å². The van der Waals surface area contributed by atoms with Crippen molar-refractivity contribution < 1.29 is 4.39 Å². The van der Waals surface area contributed by atoms with Crippen LogP contribution in [0.4, 0.5) is 15.8 Å². The fourth-order valence-electron chi connectivity index (χ4n) is 2.68. The average molecular weight is 286 g/mol. The predicted octanol–water partition coefficient (Wildman–Crippen LogP) is 2.98. The summed E-state index contributed by atoms with van der Waals surface area (Å²) in [5.41, 5.74) is 7.17. The van der Waals surface area contributed by atoms with Crippen LogP contribution in [0, 0.1) is 5.82 Å². The van der Waals surface area contributed by atoms with Gasteiger partial charge in [-0.25, -0.2) is 4.39 Å². The number of likely N-dealkylation sites (tertiary alicyclic amines) is 1. The quantitative estimate of drug-likeness (QED) is 0.867. The molecule has 1 heterocycles. The second-order valence-electron chi connectivity index (χ2n) is 5.10. The minimum Gasteiger partial charge on any atom is -0.397 e. The number of piperidine rings is 1. The van der Waals surface area contributed by atoms with Crippen LogP contribution in [0.25, 0.3) is 0 Å². The molecule has 1 fully saturated rings. The Morgan fingerprint density at radius 3 is 2.63 bits per heavy atom. The van der Waals surface area contributed by atoms with Crippen molar-refractivity contribution in [2.75, 3.05) is 37.3 Å². The van der Waals surface area contributed by atoms with Gasteiger partial charge in [-0.1, -0.05) is 18.5 Å². The van der Waals surface area contributed by atoms with Crippen molar-refractivity contribution in [3.63, 3.8) is 0 Å². The SMILES string of the molecule is CCN1CCC(N(C)c2cc(Cl)c(F)cc2N)CC1. The lowest BCUT2D eigenvalue weighted by Crippen LogP contribution is -2.43. The van der Waals surface area contributed by atoms with Crippen molar-refractivity contribution >= 4 is 23.0 Å². The maximum atomic E-state index is 13.3. The van der Waals surface area contributed by atoms with Crippen LogP contribution in [0.1, 0.15) is 19.8 Å². The third-order valence-electron chi connectivity index (χ3n) is 4.00. The number of hydrogen-bond donors (Lipinski definition) is 1. The molecule has 0 unspecified atom stereocenters. The van der Waals surface area contributed by atoms with E-state index in [0.29, 0.717) is 11.7 Å². The summed E-state index contributed by atoms with van der Waals surface area (Å²) in [6.45, 7) is 5.48. The Balaban J connectivity index is 2.12. The molecule has 2 rings (SSSR count). The molecule has 0 saturated carbocycles. The van der Waals surface area contributed by atoms with E-state index in [1.54, 1.807) is 6.07 Å². The number of nitrogen functional groups attached to an aromatic ring is 1. The first kappa shape index (κ1) is 14.4. The molecule has 106 valence electrons. The monoisotopic (exact) mass is 285 g/mol. The molecule has 1 aliphatic rings. The maximum Gasteiger partial charge on any atom is 0.143 e. The van der Waals surface area contributed by atoms with Gasteiger partial charge in [0.2, 0.25) is 0 Å². The van der Waals surface area contributed by atoms with E-state index in [4.69, 9.17) is 17.3 Å². The van der Waals surface area contributed by atoms with Gasteiger partial charge in [0.25, 0.3) is 0 Å². The second-order valence-corrected chi connectivity index (χ2v) is 5.51. The van der Waals surface area contributed by atoms with Crippen LogP contribution in [-0.2, 0) is 0 Å². The molecule has 0 aliphatic carbocycles. The highest BCUT2D eigenvalue weighted by atomic mass is 35.5. The van der Waals surface area contributed by atoms with Gasteiger partial charge in [0.15, 0.2) is 0 Å². The lowest BCUT2D eigenvalue weighted by atomic mass is 10.0. The van der Waals surface area contributed by atoms with Crippen molar-refractivity contribution in [2.45, 2.75) is 25.8 Å². The molecule has 19 heavy (non-hydrogen) atoms. The molecule has 1 aromatic rings. The topological polar surface area (TPSA) is 32.5 Å². The molecule has 0 aromatic heterocycles. The van der Waals surface area contributed by atoms with E-state index >= 15 is 0 Å². The molecule has 0 radical (unpaired) electrons. The van der Waals surface area contributed by atoms with E-state index in [2.05, 4.69) is 16.7 Å². The molecule has 0 bridgehead atoms. The number of halogens is 2. The van der Waals surface area contributed by atoms with Crippen molar-refractivity contribution in [1.29, 1.82) is 0 Å². The van der Waals surface area contributed by atoms with Crippen LogP contribution in [0.5, 0.6) is 0 Å². The van der Waals surface area contributed by atoms with E-state index in [0.717, 1.165) is 38.2 Å². The summed E-state index contributed by atoms with van der Waals surface area (Å²) >= 11 is 5.85. The Bertz CT molecular complexity index is 445. The first-order chi connectivity index (χ1) is 9.02. The van der Waals surface area contributed by atoms with Crippen LogP contribution in [0.15, 0.2) is 12.1 Å². The first-order valence-electron chi connectivity index (χ1n) is 6.72. The van der Waals surface area contributed by atoms with E-state index in [9.17, 15) is 4.39 Å². The third kappa shape index (κ3) is 3.12. The molecule has 5 heteroatoms. The molecule has 0 atom stereocenters. The Morgan fingerprint density at radius 2 is 2.05 bits per heavy atom. The third-order valence-corrected chi connectivity index (χ3v) is 4.29. The van der Waals surface area contributed by atoms with Gasteiger partial charge in [-0.15, -0.1) is 0 Å². The summed E-state index contributed by atoms with van der Waals surface area (Å²) in [4.78, 5) is 4.57. The standard InChI is InChI=1S/C14H21ClFN3/c1-3-19-6-4-10(5-7-19)18(2)14-8-11(15)12(16)9-13(14)17/h8-10H,3-7,17H2,1-2H3. The second kappa shape index (κ2) is 5.97. The predicted molar refractivity (Wildman–Crippen MR) is 79.4 cm³/mol. The van der Waals surface area contributed by atoms with Gasteiger partial charge in [-0.2, -0.15) is 0 Å². The maximum absolute atomic E-state index is 13.3. The Labute approximate surface area is 119 Å². The zero-order valence-electron chi connectivity index (χ0n) is 11.5. The van der Waals surface area contributed by atoms with Crippen molar-refractivity contribution in [3.8, 4) is 0 Å². The molecule has 0 amide bonds.